The summed E-state index contributed by atoms with van der Waals surface area (Å²) in [4.78, 5) is 8.70. The standard InChI is InChI=1S/C19H27N5O/c1-2-11-22-16(3-1)18-23-17(25-24-18)6-12-21-15-4-7-19(8-5-15)9-13-20-14-10-19/h1-3,11,15,20-21H,4-10,12-14H2. The maximum Gasteiger partial charge on any atom is 0.228 e. The molecule has 2 aromatic rings. The molecule has 0 amide bonds. The quantitative estimate of drug-likeness (QED) is 0.870. The molecule has 3 heterocycles. The molecule has 2 aromatic heterocycles. The van der Waals surface area contributed by atoms with Gasteiger partial charge in [0, 0.05) is 25.2 Å². The highest BCUT2D eigenvalue weighted by atomic mass is 16.5. The molecule has 1 saturated carbocycles. The lowest BCUT2D eigenvalue weighted by Crippen LogP contribution is -2.43. The van der Waals surface area contributed by atoms with Gasteiger partial charge in [0.1, 0.15) is 5.69 Å². The maximum atomic E-state index is 5.35. The Kier molecular flexibility index (Phi) is 5.08. The number of nitrogens with one attached hydrogen (secondary N) is 2. The Labute approximate surface area is 148 Å². The number of hydrogen-bond donors (Lipinski definition) is 2. The first-order valence-corrected chi connectivity index (χ1v) is 9.51. The fourth-order valence-corrected chi connectivity index (χ4v) is 4.23. The van der Waals surface area contributed by atoms with Crippen molar-refractivity contribution in [3.8, 4) is 11.5 Å². The third-order valence-electron chi connectivity index (χ3n) is 5.84. The Bertz CT molecular complexity index is 655. The number of hydrogen-bond acceptors (Lipinski definition) is 6. The van der Waals surface area contributed by atoms with Gasteiger partial charge in [0.05, 0.1) is 0 Å². The molecule has 2 aliphatic rings. The van der Waals surface area contributed by atoms with Crippen molar-refractivity contribution in [3.05, 3.63) is 30.3 Å². The summed E-state index contributed by atoms with van der Waals surface area (Å²) in [6.07, 6.45) is 10.6. The van der Waals surface area contributed by atoms with Crippen LogP contribution in [0.4, 0.5) is 0 Å². The predicted octanol–water partition coefficient (Wildman–Crippen LogP) is 2.58. The summed E-state index contributed by atoms with van der Waals surface area (Å²) in [6, 6.07) is 6.34. The van der Waals surface area contributed by atoms with E-state index < -0.39 is 0 Å². The molecule has 4 rings (SSSR count). The van der Waals surface area contributed by atoms with Crippen LogP contribution in [0.2, 0.25) is 0 Å². The number of aromatic nitrogens is 3. The van der Waals surface area contributed by atoms with Crippen molar-refractivity contribution in [2.75, 3.05) is 19.6 Å². The molecule has 0 atom stereocenters. The number of nitrogens with zero attached hydrogens (tertiary/aromatic N) is 3. The van der Waals surface area contributed by atoms with Gasteiger partial charge in [-0.15, -0.1) is 0 Å². The minimum absolute atomic E-state index is 0.570. The zero-order chi connectivity index (χ0) is 17.0. The maximum absolute atomic E-state index is 5.35. The molecule has 0 radical (unpaired) electrons. The van der Waals surface area contributed by atoms with Crippen molar-refractivity contribution in [3.63, 3.8) is 0 Å². The second-order valence-electron chi connectivity index (χ2n) is 7.46. The van der Waals surface area contributed by atoms with Crippen molar-refractivity contribution in [1.82, 2.24) is 25.8 Å². The van der Waals surface area contributed by atoms with Gasteiger partial charge in [0.25, 0.3) is 0 Å². The minimum Gasteiger partial charge on any atom is -0.339 e. The molecule has 0 bridgehead atoms. The zero-order valence-electron chi connectivity index (χ0n) is 14.7. The molecule has 25 heavy (non-hydrogen) atoms. The molecule has 134 valence electrons. The molecule has 1 aliphatic heterocycles. The van der Waals surface area contributed by atoms with E-state index in [1.807, 2.05) is 18.2 Å². The topological polar surface area (TPSA) is 75.9 Å². The molecule has 1 saturated heterocycles. The molecule has 1 spiro atoms. The first kappa shape index (κ1) is 16.7. The third kappa shape index (κ3) is 4.07. The highest BCUT2D eigenvalue weighted by Gasteiger charge is 2.35. The summed E-state index contributed by atoms with van der Waals surface area (Å²) in [6.45, 7) is 3.30. The normalized spacial score (nSPS) is 20.8. The van der Waals surface area contributed by atoms with E-state index in [-0.39, 0.29) is 0 Å². The van der Waals surface area contributed by atoms with Crippen LogP contribution in [-0.2, 0) is 6.42 Å². The van der Waals surface area contributed by atoms with E-state index in [0.717, 1.165) is 18.7 Å². The van der Waals surface area contributed by atoms with E-state index in [4.69, 9.17) is 4.52 Å². The first-order chi connectivity index (χ1) is 12.3. The predicted molar refractivity (Wildman–Crippen MR) is 96.0 cm³/mol. The summed E-state index contributed by atoms with van der Waals surface area (Å²) >= 11 is 0. The number of pyridine rings is 1. The Balaban J connectivity index is 1.22. The van der Waals surface area contributed by atoms with Gasteiger partial charge in [-0.1, -0.05) is 11.2 Å². The van der Waals surface area contributed by atoms with Crippen LogP contribution < -0.4 is 10.6 Å². The second kappa shape index (κ2) is 7.62. The summed E-state index contributed by atoms with van der Waals surface area (Å²) in [7, 11) is 0. The van der Waals surface area contributed by atoms with Crippen LogP contribution in [0.25, 0.3) is 11.5 Å². The van der Waals surface area contributed by atoms with Crippen LogP contribution in [0.3, 0.4) is 0 Å². The van der Waals surface area contributed by atoms with Gasteiger partial charge in [-0.2, -0.15) is 4.98 Å². The van der Waals surface area contributed by atoms with Gasteiger partial charge in [0.2, 0.25) is 11.7 Å². The van der Waals surface area contributed by atoms with E-state index in [1.54, 1.807) is 6.20 Å². The zero-order valence-corrected chi connectivity index (χ0v) is 14.7. The minimum atomic E-state index is 0.570. The highest BCUT2D eigenvalue weighted by Crippen LogP contribution is 2.43. The van der Waals surface area contributed by atoms with Crippen molar-refractivity contribution >= 4 is 0 Å². The highest BCUT2D eigenvalue weighted by molar-refractivity contribution is 5.46. The van der Waals surface area contributed by atoms with Crippen LogP contribution in [-0.4, -0.2) is 40.8 Å². The van der Waals surface area contributed by atoms with Crippen LogP contribution in [0.5, 0.6) is 0 Å². The molecule has 6 heteroatoms. The molecule has 2 N–H and O–H groups in total. The van der Waals surface area contributed by atoms with Crippen LogP contribution in [0.15, 0.2) is 28.9 Å². The fraction of sp³-hybridized carbons (Fsp3) is 0.632. The van der Waals surface area contributed by atoms with Crippen molar-refractivity contribution in [2.45, 2.75) is 51.0 Å². The van der Waals surface area contributed by atoms with Crippen LogP contribution in [0, 0.1) is 5.41 Å². The lowest BCUT2D eigenvalue weighted by Gasteiger charge is -2.43. The SMILES string of the molecule is c1ccc(-c2noc(CCNC3CCC4(CCNCC4)CC3)n2)nc1. The van der Waals surface area contributed by atoms with E-state index in [1.165, 1.54) is 51.6 Å². The Morgan fingerprint density at radius 1 is 1.16 bits per heavy atom. The molecule has 2 fully saturated rings. The van der Waals surface area contributed by atoms with Crippen molar-refractivity contribution in [1.29, 1.82) is 0 Å². The van der Waals surface area contributed by atoms with Crippen molar-refractivity contribution < 1.29 is 4.52 Å². The lowest BCUT2D eigenvalue weighted by atomic mass is 9.67. The summed E-state index contributed by atoms with van der Waals surface area (Å²) in [5.74, 6) is 1.25. The second-order valence-corrected chi connectivity index (χ2v) is 7.46. The van der Waals surface area contributed by atoms with E-state index in [9.17, 15) is 0 Å². The Morgan fingerprint density at radius 3 is 2.76 bits per heavy atom. The van der Waals surface area contributed by atoms with Gasteiger partial charge in [-0.3, -0.25) is 4.98 Å². The number of piperidine rings is 1. The molecule has 6 nitrogen and oxygen atoms in total. The van der Waals surface area contributed by atoms with E-state index in [2.05, 4.69) is 25.8 Å². The lowest BCUT2D eigenvalue weighted by molar-refractivity contribution is 0.116. The summed E-state index contributed by atoms with van der Waals surface area (Å²) < 4.78 is 5.35. The van der Waals surface area contributed by atoms with Gasteiger partial charge in [-0.05, 0) is 69.2 Å². The monoisotopic (exact) mass is 341 g/mol. The number of rotatable bonds is 5. The van der Waals surface area contributed by atoms with Gasteiger partial charge in [-0.25, -0.2) is 0 Å². The fourth-order valence-electron chi connectivity index (χ4n) is 4.23. The first-order valence-electron chi connectivity index (χ1n) is 9.51. The molecule has 0 aromatic carbocycles. The van der Waals surface area contributed by atoms with Gasteiger partial charge < -0.3 is 15.2 Å². The van der Waals surface area contributed by atoms with E-state index >= 15 is 0 Å². The van der Waals surface area contributed by atoms with Crippen molar-refractivity contribution in [2.24, 2.45) is 5.41 Å². The average Bonchev–Trinajstić information content (AvgIpc) is 3.14. The molecule has 0 unspecified atom stereocenters. The molecular weight excluding hydrogens is 314 g/mol. The smallest absolute Gasteiger partial charge is 0.228 e. The third-order valence-corrected chi connectivity index (χ3v) is 5.84. The summed E-state index contributed by atoms with van der Waals surface area (Å²) in [5.41, 5.74) is 1.39. The summed E-state index contributed by atoms with van der Waals surface area (Å²) in [5, 5.41) is 11.2. The largest absolute Gasteiger partial charge is 0.339 e. The average molecular weight is 341 g/mol. The molecule has 1 aliphatic carbocycles. The van der Waals surface area contributed by atoms with Crippen LogP contribution in [0.1, 0.15) is 44.4 Å². The molecular formula is C19H27N5O. The van der Waals surface area contributed by atoms with Gasteiger partial charge in [0.15, 0.2) is 0 Å². The Morgan fingerprint density at radius 2 is 2.00 bits per heavy atom. The van der Waals surface area contributed by atoms with Crippen LogP contribution >= 0.6 is 0 Å². The Hall–Kier alpha value is -1.79. The van der Waals surface area contributed by atoms with E-state index in [0.29, 0.717) is 23.2 Å². The van der Waals surface area contributed by atoms with Gasteiger partial charge >= 0.3 is 0 Å².